The Morgan fingerprint density at radius 2 is 2.10 bits per heavy atom. The van der Waals surface area contributed by atoms with Crippen molar-refractivity contribution < 1.29 is 9.59 Å². The molecule has 2 heterocycles. The number of carbonyl (C=O) groups excluding carboxylic acids is 2. The van der Waals surface area contributed by atoms with E-state index in [-0.39, 0.29) is 17.9 Å². The van der Waals surface area contributed by atoms with Gasteiger partial charge in [0.25, 0.3) is 5.91 Å². The van der Waals surface area contributed by atoms with Crippen LogP contribution >= 0.6 is 0 Å². The maximum Gasteiger partial charge on any atom is 0.254 e. The van der Waals surface area contributed by atoms with Crippen molar-refractivity contribution in [1.82, 2.24) is 10.2 Å². The Morgan fingerprint density at radius 3 is 2.90 bits per heavy atom. The van der Waals surface area contributed by atoms with Crippen LogP contribution in [0.3, 0.4) is 0 Å². The molecule has 0 aliphatic carbocycles. The molecule has 4 nitrogen and oxygen atoms in total. The zero-order valence-corrected chi connectivity index (χ0v) is 12.7. The fourth-order valence-corrected chi connectivity index (χ4v) is 3.45. The van der Waals surface area contributed by atoms with E-state index < -0.39 is 0 Å². The minimum atomic E-state index is 0.131. The Labute approximate surface area is 125 Å². The number of nitrogens with one attached hydrogen (secondary N) is 1. The second-order valence-corrected chi connectivity index (χ2v) is 6.26. The van der Waals surface area contributed by atoms with Crippen LogP contribution in [0.25, 0.3) is 0 Å². The molecule has 112 valence electrons. The van der Waals surface area contributed by atoms with Gasteiger partial charge in [-0.15, -0.1) is 0 Å². The first-order valence-electron chi connectivity index (χ1n) is 7.71. The Morgan fingerprint density at radius 1 is 1.29 bits per heavy atom. The summed E-state index contributed by atoms with van der Waals surface area (Å²) in [6, 6.07) is 6.16. The normalized spacial score (nSPS) is 25.2. The molecule has 0 aromatic heterocycles. The van der Waals surface area contributed by atoms with Gasteiger partial charge in [-0.1, -0.05) is 12.1 Å². The van der Waals surface area contributed by atoms with E-state index in [1.54, 1.807) is 0 Å². The number of aryl methyl sites for hydroxylation is 1. The summed E-state index contributed by atoms with van der Waals surface area (Å²) >= 11 is 0. The highest BCUT2D eigenvalue weighted by Crippen LogP contribution is 2.27. The molecule has 21 heavy (non-hydrogen) atoms. The van der Waals surface area contributed by atoms with Gasteiger partial charge in [-0.25, -0.2) is 0 Å². The SMILES string of the molecule is Cc1cccc(C(=O)N2CCC3NC(=O)CCC3C2)c1C. The van der Waals surface area contributed by atoms with Crippen molar-refractivity contribution in [2.24, 2.45) is 5.92 Å². The van der Waals surface area contributed by atoms with E-state index in [1.165, 1.54) is 0 Å². The van der Waals surface area contributed by atoms with Crippen molar-refractivity contribution in [3.05, 3.63) is 34.9 Å². The molecule has 2 aliphatic heterocycles. The van der Waals surface area contributed by atoms with Gasteiger partial charge in [0, 0.05) is 31.1 Å². The maximum absolute atomic E-state index is 12.8. The van der Waals surface area contributed by atoms with Crippen LogP contribution < -0.4 is 5.32 Å². The van der Waals surface area contributed by atoms with Crippen molar-refractivity contribution in [2.75, 3.05) is 13.1 Å². The van der Waals surface area contributed by atoms with Crippen molar-refractivity contribution in [3.8, 4) is 0 Å². The topological polar surface area (TPSA) is 49.4 Å². The molecular weight excluding hydrogens is 264 g/mol. The van der Waals surface area contributed by atoms with Crippen LogP contribution in [-0.2, 0) is 4.79 Å². The zero-order chi connectivity index (χ0) is 15.0. The first kappa shape index (κ1) is 14.1. The molecule has 1 N–H and O–H groups in total. The number of hydrogen-bond acceptors (Lipinski definition) is 2. The fourth-order valence-electron chi connectivity index (χ4n) is 3.45. The van der Waals surface area contributed by atoms with Gasteiger partial charge >= 0.3 is 0 Å². The molecular formula is C17H22N2O2. The number of benzene rings is 1. The third-order valence-corrected chi connectivity index (χ3v) is 4.94. The Bertz CT molecular complexity index is 582. The first-order valence-corrected chi connectivity index (χ1v) is 7.71. The monoisotopic (exact) mass is 286 g/mol. The smallest absolute Gasteiger partial charge is 0.254 e. The van der Waals surface area contributed by atoms with Crippen LogP contribution in [0, 0.1) is 19.8 Å². The minimum Gasteiger partial charge on any atom is -0.353 e. The van der Waals surface area contributed by atoms with Gasteiger partial charge in [0.05, 0.1) is 0 Å². The van der Waals surface area contributed by atoms with E-state index in [1.807, 2.05) is 36.9 Å². The standard InChI is InChI=1S/C17H22N2O2/c1-11-4-3-5-14(12(11)2)17(21)19-9-8-15-13(10-19)6-7-16(20)18-15/h3-5,13,15H,6-10H2,1-2H3,(H,18,20). The Kier molecular flexibility index (Phi) is 3.70. The molecule has 2 atom stereocenters. The van der Waals surface area contributed by atoms with Crippen LogP contribution in [0.5, 0.6) is 0 Å². The molecule has 2 unspecified atom stereocenters. The van der Waals surface area contributed by atoms with Crippen LogP contribution in [0.4, 0.5) is 0 Å². The van der Waals surface area contributed by atoms with Crippen LogP contribution in [0.2, 0.25) is 0 Å². The fraction of sp³-hybridized carbons (Fsp3) is 0.529. The number of hydrogen-bond donors (Lipinski definition) is 1. The van der Waals surface area contributed by atoms with Gasteiger partial charge < -0.3 is 10.2 Å². The molecule has 2 saturated heterocycles. The lowest BCUT2D eigenvalue weighted by molar-refractivity contribution is -0.125. The molecule has 3 rings (SSSR count). The molecule has 4 heteroatoms. The van der Waals surface area contributed by atoms with Gasteiger partial charge in [-0.3, -0.25) is 9.59 Å². The lowest BCUT2D eigenvalue weighted by Gasteiger charge is -2.41. The highest BCUT2D eigenvalue weighted by molar-refractivity contribution is 5.96. The first-order chi connectivity index (χ1) is 10.1. The van der Waals surface area contributed by atoms with E-state index in [0.717, 1.165) is 42.6 Å². The quantitative estimate of drug-likeness (QED) is 0.859. The van der Waals surface area contributed by atoms with E-state index in [2.05, 4.69) is 5.32 Å². The lowest BCUT2D eigenvalue weighted by Crippen LogP contribution is -2.55. The van der Waals surface area contributed by atoms with Gasteiger partial charge in [-0.2, -0.15) is 0 Å². The summed E-state index contributed by atoms with van der Waals surface area (Å²) in [6.45, 7) is 5.54. The number of carbonyl (C=O) groups is 2. The number of likely N-dealkylation sites (tertiary alicyclic amines) is 1. The third-order valence-electron chi connectivity index (χ3n) is 4.94. The molecule has 0 saturated carbocycles. The second-order valence-electron chi connectivity index (χ2n) is 6.26. The summed E-state index contributed by atoms with van der Waals surface area (Å²) in [5.41, 5.74) is 3.04. The largest absolute Gasteiger partial charge is 0.353 e. The van der Waals surface area contributed by atoms with Crippen LogP contribution in [0.1, 0.15) is 40.7 Å². The van der Waals surface area contributed by atoms with Gasteiger partial charge in [0.2, 0.25) is 5.91 Å². The Hall–Kier alpha value is -1.84. The Balaban J connectivity index is 1.75. The van der Waals surface area contributed by atoms with Crippen LogP contribution in [-0.4, -0.2) is 35.8 Å². The molecule has 2 fully saturated rings. The average Bonchev–Trinajstić information content (AvgIpc) is 2.49. The van der Waals surface area contributed by atoms with Crippen molar-refractivity contribution in [1.29, 1.82) is 0 Å². The molecule has 0 spiro atoms. The summed E-state index contributed by atoms with van der Waals surface area (Å²) in [4.78, 5) is 26.2. The summed E-state index contributed by atoms with van der Waals surface area (Å²) in [7, 11) is 0. The predicted octanol–water partition coefficient (Wildman–Crippen LogP) is 2.04. The van der Waals surface area contributed by atoms with E-state index >= 15 is 0 Å². The summed E-state index contributed by atoms with van der Waals surface area (Å²) < 4.78 is 0. The van der Waals surface area contributed by atoms with Gasteiger partial charge in [-0.05, 0) is 49.8 Å². The number of amides is 2. The second kappa shape index (κ2) is 5.51. The maximum atomic E-state index is 12.8. The molecule has 1 aromatic carbocycles. The van der Waals surface area contributed by atoms with Crippen LogP contribution in [0.15, 0.2) is 18.2 Å². The number of rotatable bonds is 1. The predicted molar refractivity (Wildman–Crippen MR) is 81.1 cm³/mol. The van der Waals surface area contributed by atoms with E-state index in [9.17, 15) is 9.59 Å². The summed E-state index contributed by atoms with van der Waals surface area (Å²) in [6.07, 6.45) is 2.35. The van der Waals surface area contributed by atoms with Gasteiger partial charge in [0.1, 0.15) is 0 Å². The molecule has 2 aliphatic rings. The number of piperidine rings is 2. The highest BCUT2D eigenvalue weighted by Gasteiger charge is 2.35. The molecule has 0 bridgehead atoms. The summed E-state index contributed by atoms with van der Waals surface area (Å²) in [5.74, 6) is 0.697. The molecule has 2 amide bonds. The van der Waals surface area contributed by atoms with Crippen molar-refractivity contribution in [2.45, 2.75) is 39.2 Å². The zero-order valence-electron chi connectivity index (χ0n) is 12.7. The number of nitrogens with zero attached hydrogens (tertiary/aromatic N) is 1. The van der Waals surface area contributed by atoms with Crippen molar-refractivity contribution in [3.63, 3.8) is 0 Å². The molecule has 0 radical (unpaired) electrons. The van der Waals surface area contributed by atoms with Gasteiger partial charge in [0.15, 0.2) is 0 Å². The minimum absolute atomic E-state index is 0.131. The third kappa shape index (κ3) is 2.67. The van der Waals surface area contributed by atoms with Crippen molar-refractivity contribution >= 4 is 11.8 Å². The molecule has 1 aromatic rings. The van der Waals surface area contributed by atoms with E-state index in [4.69, 9.17) is 0 Å². The average molecular weight is 286 g/mol. The summed E-state index contributed by atoms with van der Waals surface area (Å²) in [5, 5.41) is 3.06. The number of fused-ring (bicyclic) bond motifs is 1. The van der Waals surface area contributed by atoms with E-state index in [0.29, 0.717) is 12.3 Å². The lowest BCUT2D eigenvalue weighted by atomic mass is 9.85. The highest BCUT2D eigenvalue weighted by atomic mass is 16.2.